The molecule has 170 valence electrons. The number of aromatic nitrogens is 2. The lowest BCUT2D eigenvalue weighted by Crippen LogP contribution is -2.46. The summed E-state index contributed by atoms with van der Waals surface area (Å²) in [7, 11) is 0. The van der Waals surface area contributed by atoms with E-state index in [1.54, 1.807) is 11.3 Å². The molecule has 0 bridgehead atoms. The Morgan fingerprint density at radius 2 is 1.73 bits per heavy atom. The smallest absolute Gasteiger partial charge is 0.141 e. The molecule has 4 nitrogen and oxygen atoms in total. The maximum atomic E-state index is 6.40. The molecule has 1 aliphatic heterocycles. The molecule has 7 heteroatoms. The largest absolute Gasteiger partial charge is 0.353 e. The summed E-state index contributed by atoms with van der Waals surface area (Å²) >= 11 is 14.2. The van der Waals surface area contributed by atoms with E-state index in [0.29, 0.717) is 5.02 Å². The highest BCUT2D eigenvalue weighted by Gasteiger charge is 2.22. The lowest BCUT2D eigenvalue weighted by molar-refractivity contribution is 0.249. The maximum absolute atomic E-state index is 6.40. The van der Waals surface area contributed by atoms with Crippen molar-refractivity contribution in [2.45, 2.75) is 26.3 Å². The average Bonchev–Trinajstić information content (AvgIpc) is 3.25. The molecule has 0 amide bonds. The number of rotatable bonds is 6. The summed E-state index contributed by atoms with van der Waals surface area (Å²) in [6.07, 6.45) is 1.77. The molecule has 0 N–H and O–H groups in total. The minimum Gasteiger partial charge on any atom is -0.353 e. The van der Waals surface area contributed by atoms with Crippen molar-refractivity contribution in [3.8, 4) is 0 Å². The molecule has 1 saturated heterocycles. The second-order valence-corrected chi connectivity index (χ2v) is 10.4. The Morgan fingerprint density at radius 1 is 0.939 bits per heavy atom. The molecular formula is C26H26Cl2N4S. The van der Waals surface area contributed by atoms with Gasteiger partial charge in [0.15, 0.2) is 0 Å². The number of halogens is 2. The molecule has 0 atom stereocenters. The van der Waals surface area contributed by atoms with Crippen LogP contribution in [0.3, 0.4) is 0 Å². The van der Waals surface area contributed by atoms with Gasteiger partial charge >= 0.3 is 0 Å². The quantitative estimate of drug-likeness (QED) is 0.306. The van der Waals surface area contributed by atoms with Crippen LogP contribution in [0.25, 0.3) is 10.2 Å². The molecule has 0 aliphatic carbocycles. The van der Waals surface area contributed by atoms with E-state index in [1.807, 2.05) is 24.3 Å². The molecule has 0 spiro atoms. The SMILES string of the molecule is CCc1cc2c(N3CCN(Cc4ccc(Cl)cc4Cl)CC3)nc(Cc3ccccc3)nc2s1. The first-order valence-electron chi connectivity index (χ1n) is 11.3. The third-order valence-corrected chi connectivity index (χ3v) is 7.86. The van der Waals surface area contributed by atoms with Crippen molar-refractivity contribution in [3.05, 3.63) is 86.5 Å². The first kappa shape index (κ1) is 22.6. The van der Waals surface area contributed by atoms with Crippen molar-refractivity contribution in [1.82, 2.24) is 14.9 Å². The van der Waals surface area contributed by atoms with Gasteiger partial charge in [0.1, 0.15) is 16.5 Å². The van der Waals surface area contributed by atoms with Crippen molar-refractivity contribution in [3.63, 3.8) is 0 Å². The molecular weight excluding hydrogens is 471 g/mol. The predicted octanol–water partition coefficient (Wildman–Crippen LogP) is 6.47. The van der Waals surface area contributed by atoms with Crippen LogP contribution >= 0.6 is 34.5 Å². The van der Waals surface area contributed by atoms with Gasteiger partial charge in [0.2, 0.25) is 0 Å². The summed E-state index contributed by atoms with van der Waals surface area (Å²) in [6, 6.07) is 18.5. The third kappa shape index (κ3) is 5.17. The van der Waals surface area contributed by atoms with Crippen LogP contribution in [0.2, 0.25) is 10.0 Å². The highest BCUT2D eigenvalue weighted by atomic mass is 35.5. The molecule has 0 saturated carbocycles. The molecule has 1 fully saturated rings. The van der Waals surface area contributed by atoms with Crippen molar-refractivity contribution in [2.24, 2.45) is 0 Å². The van der Waals surface area contributed by atoms with Gasteiger partial charge in [0.25, 0.3) is 0 Å². The fourth-order valence-electron chi connectivity index (χ4n) is 4.28. The van der Waals surface area contributed by atoms with E-state index in [1.165, 1.54) is 15.8 Å². The van der Waals surface area contributed by atoms with Gasteiger partial charge in [-0.25, -0.2) is 9.97 Å². The first-order chi connectivity index (χ1) is 16.1. The standard InChI is InChI=1S/C26H26Cl2N4S/c1-2-21-16-22-25(29-24(30-26(22)33-21)14-18-6-4-3-5-7-18)32-12-10-31(11-13-32)17-19-8-9-20(27)15-23(19)28/h3-9,15-16H,2,10-14,17H2,1H3. The van der Waals surface area contributed by atoms with E-state index >= 15 is 0 Å². The summed E-state index contributed by atoms with van der Waals surface area (Å²) in [5.74, 6) is 1.97. The van der Waals surface area contributed by atoms with E-state index in [9.17, 15) is 0 Å². The second kappa shape index (κ2) is 9.98. The number of hydrogen-bond donors (Lipinski definition) is 0. The van der Waals surface area contributed by atoms with E-state index in [2.05, 4.69) is 47.1 Å². The van der Waals surface area contributed by atoms with Gasteiger partial charge in [-0.15, -0.1) is 11.3 Å². The number of aryl methyl sites for hydroxylation is 1. The zero-order valence-electron chi connectivity index (χ0n) is 18.6. The Morgan fingerprint density at radius 3 is 2.45 bits per heavy atom. The number of thiophene rings is 1. The Balaban J connectivity index is 1.36. The zero-order chi connectivity index (χ0) is 22.8. The Bertz CT molecular complexity index is 1250. The number of benzene rings is 2. The number of fused-ring (bicyclic) bond motifs is 1. The topological polar surface area (TPSA) is 32.3 Å². The monoisotopic (exact) mass is 496 g/mol. The van der Waals surface area contributed by atoms with Crippen LogP contribution < -0.4 is 4.90 Å². The van der Waals surface area contributed by atoms with Crippen LogP contribution in [0.5, 0.6) is 0 Å². The van der Waals surface area contributed by atoms with Gasteiger partial charge in [0, 0.05) is 54.1 Å². The third-order valence-electron chi connectivity index (χ3n) is 6.10. The average molecular weight is 497 g/mol. The normalized spacial score (nSPS) is 14.8. The van der Waals surface area contributed by atoms with Gasteiger partial charge < -0.3 is 4.90 Å². The van der Waals surface area contributed by atoms with E-state index in [4.69, 9.17) is 33.2 Å². The summed E-state index contributed by atoms with van der Waals surface area (Å²) in [5, 5.41) is 2.59. The van der Waals surface area contributed by atoms with Crippen molar-refractivity contribution < 1.29 is 0 Å². The molecule has 0 unspecified atom stereocenters. The van der Waals surface area contributed by atoms with Gasteiger partial charge in [-0.3, -0.25) is 4.90 Å². The summed E-state index contributed by atoms with van der Waals surface area (Å²) in [5.41, 5.74) is 2.36. The van der Waals surface area contributed by atoms with Crippen molar-refractivity contribution in [1.29, 1.82) is 0 Å². The minimum absolute atomic E-state index is 0.676. The number of piperazine rings is 1. The molecule has 2 aromatic heterocycles. The van der Waals surface area contributed by atoms with Gasteiger partial charge in [-0.05, 0) is 35.7 Å². The highest BCUT2D eigenvalue weighted by molar-refractivity contribution is 7.18. The van der Waals surface area contributed by atoms with Crippen LogP contribution in [-0.4, -0.2) is 41.0 Å². The molecule has 3 heterocycles. The Kier molecular flexibility index (Phi) is 6.84. The summed E-state index contributed by atoms with van der Waals surface area (Å²) in [4.78, 5) is 17.3. The van der Waals surface area contributed by atoms with Crippen molar-refractivity contribution in [2.75, 3.05) is 31.1 Å². The Labute approximate surface area is 208 Å². The second-order valence-electron chi connectivity index (χ2n) is 8.41. The number of hydrogen-bond acceptors (Lipinski definition) is 5. The van der Waals surface area contributed by atoms with E-state index in [0.717, 1.165) is 72.6 Å². The molecule has 4 aromatic rings. The first-order valence-corrected chi connectivity index (χ1v) is 12.9. The Hall–Kier alpha value is -2.18. The lowest BCUT2D eigenvalue weighted by atomic mass is 10.1. The van der Waals surface area contributed by atoms with Crippen molar-refractivity contribution >= 4 is 50.6 Å². The number of nitrogens with zero attached hydrogens (tertiary/aromatic N) is 4. The van der Waals surface area contributed by atoms with Crippen LogP contribution in [-0.2, 0) is 19.4 Å². The van der Waals surface area contributed by atoms with Gasteiger partial charge in [-0.1, -0.05) is 66.5 Å². The summed E-state index contributed by atoms with van der Waals surface area (Å²) < 4.78 is 0. The zero-order valence-corrected chi connectivity index (χ0v) is 20.9. The molecule has 0 radical (unpaired) electrons. The minimum atomic E-state index is 0.676. The fraction of sp³-hybridized carbons (Fsp3) is 0.308. The summed E-state index contributed by atoms with van der Waals surface area (Å²) in [6.45, 7) is 6.81. The number of anilines is 1. The van der Waals surface area contributed by atoms with Crippen LogP contribution in [0.4, 0.5) is 5.82 Å². The molecule has 1 aliphatic rings. The fourth-order valence-corrected chi connectivity index (χ4v) is 5.73. The van der Waals surface area contributed by atoms with Crippen LogP contribution in [0, 0.1) is 0 Å². The maximum Gasteiger partial charge on any atom is 0.141 e. The molecule has 33 heavy (non-hydrogen) atoms. The van der Waals surface area contributed by atoms with E-state index < -0.39 is 0 Å². The molecule has 5 rings (SSSR count). The molecule has 2 aromatic carbocycles. The van der Waals surface area contributed by atoms with Gasteiger partial charge in [0.05, 0.1) is 5.39 Å². The highest BCUT2D eigenvalue weighted by Crippen LogP contribution is 2.32. The lowest BCUT2D eigenvalue weighted by Gasteiger charge is -2.36. The predicted molar refractivity (Wildman–Crippen MR) is 140 cm³/mol. The van der Waals surface area contributed by atoms with Crippen LogP contribution in [0.15, 0.2) is 54.6 Å². The van der Waals surface area contributed by atoms with E-state index in [-0.39, 0.29) is 0 Å². The van der Waals surface area contributed by atoms with Gasteiger partial charge in [-0.2, -0.15) is 0 Å². The van der Waals surface area contributed by atoms with Crippen LogP contribution in [0.1, 0.15) is 28.8 Å².